The van der Waals surface area contributed by atoms with Crippen molar-refractivity contribution in [3.63, 3.8) is 0 Å². The fraction of sp³-hybridized carbons (Fsp3) is 0.324. The molecule has 0 fully saturated rings. The molecule has 3 heterocycles. The molecule has 0 saturated carbocycles. The van der Waals surface area contributed by atoms with Crippen molar-refractivity contribution in [2.75, 3.05) is 9.80 Å². The number of nitrogens with zero attached hydrogens (tertiary/aromatic N) is 3. The largest absolute Gasteiger partial charge is 0.311 e. The molecule has 4 heteroatoms. The summed E-state index contributed by atoms with van der Waals surface area (Å²) >= 11 is 0. The zero-order valence-corrected chi connectivity index (χ0v) is 48.0. The highest BCUT2D eigenvalue weighted by Gasteiger charge is 2.47. The minimum atomic E-state index is -0.325. The van der Waals surface area contributed by atoms with Crippen molar-refractivity contribution in [2.45, 2.75) is 150 Å². The second-order valence-electron chi connectivity index (χ2n) is 27.7. The van der Waals surface area contributed by atoms with Crippen LogP contribution in [0.5, 0.6) is 0 Å². The van der Waals surface area contributed by atoms with E-state index < -0.39 is 0 Å². The van der Waals surface area contributed by atoms with E-state index in [-0.39, 0.29) is 39.2 Å². The number of para-hydroxylation sites is 1. The van der Waals surface area contributed by atoms with Crippen molar-refractivity contribution in [1.82, 2.24) is 4.57 Å². The molecular formula is C71H78BN3. The second kappa shape index (κ2) is 17.1. The number of aromatic nitrogens is 1. The van der Waals surface area contributed by atoms with Crippen LogP contribution >= 0.6 is 0 Å². The summed E-state index contributed by atoms with van der Waals surface area (Å²) in [4.78, 5) is 5.09. The van der Waals surface area contributed by atoms with Crippen molar-refractivity contribution in [1.29, 1.82) is 0 Å². The van der Waals surface area contributed by atoms with Crippen LogP contribution in [0.4, 0.5) is 34.1 Å². The molecule has 0 unspecified atom stereocenters. The van der Waals surface area contributed by atoms with Crippen LogP contribution < -0.4 is 26.2 Å². The SMILES string of the molecule is CC(C)(C)c1ccc(N(c2ccc(C(C)(C)C)cc2)c2ccc3c(c2)N(c2ccc(C(C)(C)C)cc2)c2cc(C(C)(C)C)cc4c2B3c2cc3c5cc(C(C)(C)C)ccc5n(-c5ccccc5)c3cc2C4(C)C)cc1. The van der Waals surface area contributed by atoms with Crippen LogP contribution in [0, 0.1) is 0 Å². The van der Waals surface area contributed by atoms with Crippen molar-refractivity contribution in [2.24, 2.45) is 0 Å². The van der Waals surface area contributed by atoms with Crippen LogP contribution in [0.3, 0.4) is 0 Å². The van der Waals surface area contributed by atoms with Crippen LogP contribution in [0.25, 0.3) is 27.5 Å². The van der Waals surface area contributed by atoms with Crippen LogP contribution in [-0.4, -0.2) is 11.3 Å². The lowest BCUT2D eigenvalue weighted by Gasteiger charge is -2.46. The van der Waals surface area contributed by atoms with E-state index in [9.17, 15) is 0 Å². The summed E-state index contributed by atoms with van der Waals surface area (Å²) in [6.07, 6.45) is 0. The third-order valence-electron chi connectivity index (χ3n) is 16.8. The molecule has 2 aliphatic heterocycles. The van der Waals surface area contributed by atoms with E-state index in [0.717, 1.165) is 17.1 Å². The first-order valence-corrected chi connectivity index (χ1v) is 27.5. The fourth-order valence-corrected chi connectivity index (χ4v) is 12.2. The molecule has 0 amide bonds. The van der Waals surface area contributed by atoms with E-state index in [1.54, 1.807) is 0 Å². The van der Waals surface area contributed by atoms with Crippen LogP contribution in [0.15, 0.2) is 164 Å². The van der Waals surface area contributed by atoms with Gasteiger partial charge in [-0.15, -0.1) is 0 Å². The lowest BCUT2D eigenvalue weighted by Crippen LogP contribution is -2.64. The number of benzene rings is 8. The number of hydrogen-bond donors (Lipinski definition) is 0. The first-order chi connectivity index (χ1) is 35.1. The van der Waals surface area contributed by atoms with Crippen molar-refractivity contribution in [3.8, 4) is 5.69 Å². The fourth-order valence-electron chi connectivity index (χ4n) is 12.2. The highest BCUT2D eigenvalue weighted by atomic mass is 15.2. The lowest BCUT2D eigenvalue weighted by molar-refractivity contribution is 0.583. The van der Waals surface area contributed by atoms with Crippen LogP contribution in [0.2, 0.25) is 0 Å². The van der Waals surface area contributed by atoms with Crippen molar-refractivity contribution < 1.29 is 0 Å². The maximum atomic E-state index is 2.62. The summed E-state index contributed by atoms with van der Waals surface area (Å²) in [6, 6.07) is 63.9. The molecule has 3 nitrogen and oxygen atoms in total. The van der Waals surface area contributed by atoms with Gasteiger partial charge in [0.15, 0.2) is 0 Å². The molecule has 8 aromatic carbocycles. The molecule has 11 rings (SSSR count). The Morgan fingerprint density at radius 2 is 0.867 bits per heavy atom. The minimum Gasteiger partial charge on any atom is -0.311 e. The Hall–Kier alpha value is -6.78. The van der Waals surface area contributed by atoms with E-state index >= 15 is 0 Å². The quantitative estimate of drug-likeness (QED) is 0.159. The summed E-state index contributed by atoms with van der Waals surface area (Å²) in [5, 5.41) is 2.60. The average Bonchev–Trinajstić information content (AvgIpc) is 3.68. The topological polar surface area (TPSA) is 11.4 Å². The van der Waals surface area contributed by atoms with E-state index in [1.807, 2.05) is 0 Å². The maximum Gasteiger partial charge on any atom is 0.247 e. The van der Waals surface area contributed by atoms with E-state index in [2.05, 4.69) is 296 Å². The summed E-state index contributed by atoms with van der Waals surface area (Å²) in [5.74, 6) is 0. The van der Waals surface area contributed by atoms with E-state index in [4.69, 9.17) is 0 Å². The first-order valence-electron chi connectivity index (χ1n) is 27.5. The normalized spacial score (nSPS) is 14.5. The maximum absolute atomic E-state index is 2.62. The Balaban J connectivity index is 1.23. The van der Waals surface area contributed by atoms with Gasteiger partial charge in [0.05, 0.1) is 11.0 Å². The second-order valence-corrected chi connectivity index (χ2v) is 27.7. The highest BCUT2D eigenvalue weighted by molar-refractivity contribution is 6.99. The predicted molar refractivity (Wildman–Crippen MR) is 327 cm³/mol. The van der Waals surface area contributed by atoms with Gasteiger partial charge in [-0.05, 0) is 162 Å². The Labute approximate surface area is 449 Å². The summed E-state index contributed by atoms with van der Waals surface area (Å²) in [7, 11) is 0. The van der Waals surface area contributed by atoms with Gasteiger partial charge in [0.25, 0.3) is 0 Å². The number of fused-ring (bicyclic) bond motifs is 7. The van der Waals surface area contributed by atoms with Gasteiger partial charge >= 0.3 is 0 Å². The van der Waals surface area contributed by atoms with Gasteiger partial charge in [-0.3, -0.25) is 0 Å². The first kappa shape index (κ1) is 50.4. The minimum absolute atomic E-state index is 0.00410. The Kier molecular flexibility index (Phi) is 11.5. The van der Waals surface area contributed by atoms with Gasteiger partial charge in [-0.25, -0.2) is 0 Å². The number of hydrogen-bond acceptors (Lipinski definition) is 2. The predicted octanol–water partition coefficient (Wildman–Crippen LogP) is 17.7. The van der Waals surface area contributed by atoms with Crippen LogP contribution in [-0.2, 0) is 32.5 Å². The summed E-state index contributed by atoms with van der Waals surface area (Å²) in [5.41, 5.74) is 23.9. The molecule has 0 spiro atoms. The van der Waals surface area contributed by atoms with Gasteiger partial charge in [0, 0.05) is 56.0 Å². The van der Waals surface area contributed by atoms with Gasteiger partial charge in [-0.1, -0.05) is 202 Å². The molecule has 0 radical (unpaired) electrons. The third kappa shape index (κ3) is 8.52. The van der Waals surface area contributed by atoms with Crippen LogP contribution in [0.1, 0.15) is 157 Å². The molecule has 75 heavy (non-hydrogen) atoms. The molecular weight excluding hydrogens is 906 g/mol. The third-order valence-corrected chi connectivity index (χ3v) is 16.8. The molecule has 2 aliphatic rings. The average molecular weight is 984 g/mol. The van der Waals surface area contributed by atoms with Crippen molar-refractivity contribution in [3.05, 3.63) is 203 Å². The summed E-state index contributed by atoms with van der Waals surface area (Å²) < 4.78 is 2.51. The molecule has 0 atom stereocenters. The Morgan fingerprint density at radius 1 is 0.373 bits per heavy atom. The van der Waals surface area contributed by atoms with Gasteiger partial charge < -0.3 is 14.4 Å². The van der Waals surface area contributed by atoms with Gasteiger partial charge in [-0.2, -0.15) is 0 Å². The summed E-state index contributed by atoms with van der Waals surface area (Å²) in [6.45, 7) is 39.8. The van der Waals surface area contributed by atoms with Crippen molar-refractivity contribution >= 4 is 79.0 Å². The van der Waals surface area contributed by atoms with Gasteiger partial charge in [0.2, 0.25) is 6.71 Å². The zero-order chi connectivity index (χ0) is 53.5. The standard InChI is InChI=1S/C71H78BN3/c1-66(2,3)45-23-30-51(31-24-45)73(52-32-25-46(26-33-52)67(4,5)6)54-36-37-59-63(42-54)75(53-34-27-47(28-35-53)68(7,8)9)64-41-49(70(13,14)15)40-58-65(64)72(59)60-43-56-55-39-48(69(10,11)12)29-38-61(55)74(50-21-19-18-20-22-50)62(56)44-57(60)71(58,16)17/h18-44H,1-17H3. The molecule has 0 N–H and O–H groups in total. The number of rotatable bonds is 5. The molecule has 380 valence electrons. The number of anilines is 6. The Bertz CT molecular complexity index is 3610. The smallest absolute Gasteiger partial charge is 0.247 e. The van der Waals surface area contributed by atoms with E-state index in [1.165, 1.54) is 99.9 Å². The molecule has 1 aromatic heterocycles. The molecule has 0 bridgehead atoms. The molecule has 0 aliphatic carbocycles. The monoisotopic (exact) mass is 984 g/mol. The lowest BCUT2D eigenvalue weighted by atomic mass is 9.30. The molecule has 9 aromatic rings. The van der Waals surface area contributed by atoms with Gasteiger partial charge in [0.1, 0.15) is 0 Å². The zero-order valence-electron chi connectivity index (χ0n) is 48.0. The van der Waals surface area contributed by atoms with E-state index in [0.29, 0.717) is 0 Å². The Morgan fingerprint density at radius 3 is 1.40 bits per heavy atom. The highest BCUT2D eigenvalue weighted by Crippen LogP contribution is 2.48. The molecule has 0 saturated heterocycles.